The molecule has 2 aromatic rings. The zero-order chi connectivity index (χ0) is 21.0. The van der Waals surface area contributed by atoms with Crippen molar-refractivity contribution in [3.8, 4) is 11.5 Å². The molecule has 3 rings (SSSR count). The van der Waals surface area contributed by atoms with Crippen LogP contribution in [0, 0.1) is 0 Å². The fourth-order valence-electron chi connectivity index (χ4n) is 3.70. The summed E-state index contributed by atoms with van der Waals surface area (Å²) in [5.74, 6) is 0.644. The third kappa shape index (κ3) is 3.73. The summed E-state index contributed by atoms with van der Waals surface area (Å²) < 4.78 is 10.5. The summed E-state index contributed by atoms with van der Waals surface area (Å²) in [6.07, 6.45) is -0.669. The molecule has 2 aromatic carbocycles. The summed E-state index contributed by atoms with van der Waals surface area (Å²) in [5.41, 5.74) is -0.102. The van der Waals surface area contributed by atoms with Crippen LogP contribution in [0.2, 0.25) is 0 Å². The van der Waals surface area contributed by atoms with Crippen molar-refractivity contribution in [2.45, 2.75) is 24.5 Å². The first-order valence-electron chi connectivity index (χ1n) is 8.97. The summed E-state index contributed by atoms with van der Waals surface area (Å²) in [5, 5.41) is 11.6. The van der Waals surface area contributed by atoms with Crippen molar-refractivity contribution in [3.63, 3.8) is 0 Å². The molecule has 0 unspecified atom stereocenters. The van der Waals surface area contributed by atoms with Crippen LogP contribution < -0.4 is 14.8 Å². The Morgan fingerprint density at radius 2 is 1.93 bits per heavy atom. The summed E-state index contributed by atoms with van der Waals surface area (Å²) in [6.45, 7) is 0.104. The molecule has 0 radical (unpaired) electrons. The smallest absolute Gasteiger partial charge is 0.405 e. The molecule has 1 heterocycles. The Kier molecular flexibility index (Phi) is 5.72. The van der Waals surface area contributed by atoms with Gasteiger partial charge in [0.15, 0.2) is 5.54 Å². The maximum absolute atomic E-state index is 13.1. The molecule has 2 amide bonds. The number of nitrogens with one attached hydrogen (secondary N) is 1. The van der Waals surface area contributed by atoms with E-state index in [0.717, 1.165) is 5.56 Å². The van der Waals surface area contributed by atoms with Gasteiger partial charge in [0.25, 0.3) is 5.91 Å². The molecule has 1 fully saturated rings. The lowest BCUT2D eigenvalue weighted by molar-refractivity contribution is -0.165. The number of ether oxygens (including phenoxy) is 2. The fourth-order valence-corrected chi connectivity index (χ4v) is 3.70. The van der Waals surface area contributed by atoms with Gasteiger partial charge in [0.2, 0.25) is 0 Å². The van der Waals surface area contributed by atoms with Crippen LogP contribution in [0.5, 0.6) is 11.5 Å². The maximum atomic E-state index is 13.1. The summed E-state index contributed by atoms with van der Waals surface area (Å²) in [7, 11) is 3.03. The van der Waals surface area contributed by atoms with E-state index in [1.165, 1.54) is 19.1 Å². The van der Waals surface area contributed by atoms with Crippen molar-refractivity contribution in [2.75, 3.05) is 14.2 Å². The minimum absolute atomic E-state index is 0.0820. The average molecular weight is 398 g/mol. The van der Waals surface area contributed by atoms with Crippen molar-refractivity contribution in [1.82, 2.24) is 10.2 Å². The molecule has 8 heteroatoms. The molecule has 0 bridgehead atoms. The maximum Gasteiger partial charge on any atom is 0.405 e. The molecule has 1 aliphatic rings. The number of methoxy groups -OCH3 is 2. The summed E-state index contributed by atoms with van der Waals surface area (Å²) in [6, 6.07) is 13.2. The lowest BCUT2D eigenvalue weighted by Gasteiger charge is -2.53. The van der Waals surface area contributed by atoms with E-state index in [1.54, 1.807) is 42.5 Å². The second kappa shape index (κ2) is 8.22. The molecule has 0 saturated carbocycles. The third-order valence-corrected chi connectivity index (χ3v) is 5.10. The van der Waals surface area contributed by atoms with Crippen LogP contribution in [0.25, 0.3) is 0 Å². The number of carbonyl (C=O) groups excluding carboxylic acids is 2. The highest BCUT2D eigenvalue weighted by molar-refractivity contribution is 6.02. The van der Waals surface area contributed by atoms with Crippen LogP contribution in [-0.4, -0.2) is 54.1 Å². The van der Waals surface area contributed by atoms with Gasteiger partial charge < -0.3 is 29.6 Å². The minimum Gasteiger partial charge on any atom is -0.497 e. The number of rotatable bonds is 8. The second-order valence-electron chi connectivity index (χ2n) is 6.76. The summed E-state index contributed by atoms with van der Waals surface area (Å²) in [4.78, 5) is 37.7. The molecule has 1 saturated heterocycles. The van der Waals surface area contributed by atoms with Crippen molar-refractivity contribution in [1.29, 1.82) is 0 Å². The van der Waals surface area contributed by atoms with Gasteiger partial charge in [0.1, 0.15) is 23.8 Å². The van der Waals surface area contributed by atoms with Crippen molar-refractivity contribution in [2.24, 2.45) is 0 Å². The number of aldehydes is 1. The Morgan fingerprint density at radius 1 is 1.21 bits per heavy atom. The number of benzene rings is 2. The molecule has 8 nitrogen and oxygen atoms in total. The number of amides is 2. The Labute approximate surface area is 168 Å². The van der Waals surface area contributed by atoms with Gasteiger partial charge in [0, 0.05) is 18.1 Å². The van der Waals surface area contributed by atoms with E-state index in [1.807, 2.05) is 6.07 Å². The highest BCUT2D eigenvalue weighted by atomic mass is 16.5. The van der Waals surface area contributed by atoms with E-state index in [-0.39, 0.29) is 13.0 Å². The number of carbonyl (C=O) groups is 3. The topological polar surface area (TPSA) is 105 Å². The Hall–Kier alpha value is -3.55. The minimum atomic E-state index is -1.53. The molecule has 29 heavy (non-hydrogen) atoms. The Balaban J connectivity index is 1.90. The van der Waals surface area contributed by atoms with Gasteiger partial charge in [-0.2, -0.15) is 0 Å². The Morgan fingerprint density at radius 3 is 2.52 bits per heavy atom. The predicted octanol–water partition coefficient (Wildman–Crippen LogP) is 1.86. The number of hydrogen-bond donors (Lipinski definition) is 2. The molecule has 0 aromatic heterocycles. The molecule has 152 valence electrons. The second-order valence-corrected chi connectivity index (χ2v) is 6.76. The van der Waals surface area contributed by atoms with Crippen LogP contribution in [0.3, 0.4) is 0 Å². The summed E-state index contributed by atoms with van der Waals surface area (Å²) >= 11 is 0. The number of carboxylic acid groups (broad SMARTS) is 1. The first-order valence-corrected chi connectivity index (χ1v) is 8.97. The van der Waals surface area contributed by atoms with E-state index in [4.69, 9.17) is 9.47 Å². The zero-order valence-electron chi connectivity index (χ0n) is 16.1. The molecule has 0 aliphatic carbocycles. The number of likely N-dealkylation sites (tertiary alicyclic amines) is 1. The highest BCUT2D eigenvalue weighted by Gasteiger charge is 2.61. The first kappa shape index (κ1) is 20.2. The van der Waals surface area contributed by atoms with Gasteiger partial charge in [0.05, 0.1) is 20.8 Å². The van der Waals surface area contributed by atoms with E-state index >= 15 is 0 Å². The number of nitrogens with zero attached hydrogens (tertiary/aromatic N) is 1. The van der Waals surface area contributed by atoms with E-state index in [9.17, 15) is 19.5 Å². The molecular weight excluding hydrogens is 376 g/mol. The van der Waals surface area contributed by atoms with Gasteiger partial charge in [-0.25, -0.2) is 4.79 Å². The lowest BCUT2D eigenvalue weighted by atomic mass is 9.74. The predicted molar refractivity (Wildman–Crippen MR) is 104 cm³/mol. The van der Waals surface area contributed by atoms with E-state index in [2.05, 4.69) is 5.32 Å². The van der Waals surface area contributed by atoms with Crippen LogP contribution in [0.1, 0.15) is 11.1 Å². The van der Waals surface area contributed by atoms with Gasteiger partial charge in [-0.05, 0) is 17.7 Å². The fraction of sp³-hybridized carbons (Fsp3) is 0.286. The molecule has 1 aliphatic heterocycles. The largest absolute Gasteiger partial charge is 0.497 e. The van der Waals surface area contributed by atoms with Gasteiger partial charge in [-0.1, -0.05) is 30.3 Å². The number of hydrogen-bond acceptors (Lipinski definition) is 5. The first-order chi connectivity index (χ1) is 13.9. The highest BCUT2D eigenvalue weighted by Crippen LogP contribution is 2.36. The van der Waals surface area contributed by atoms with Gasteiger partial charge in [-0.15, -0.1) is 0 Å². The normalized spacial score (nSPS) is 20.6. The monoisotopic (exact) mass is 398 g/mol. The van der Waals surface area contributed by atoms with Crippen LogP contribution in [0.15, 0.2) is 48.5 Å². The lowest BCUT2D eigenvalue weighted by Crippen LogP contribution is -2.81. The molecular formula is C21H22N2O6. The van der Waals surface area contributed by atoms with Crippen LogP contribution in [0.4, 0.5) is 4.79 Å². The van der Waals surface area contributed by atoms with Crippen molar-refractivity contribution >= 4 is 18.3 Å². The standard InChI is InChI=1S/C21H22N2O6/c1-28-16-9-8-15(17(10-16)29-2)12-23-18(13-24)21(19(23)25,22-20(26)27)11-14-6-4-3-5-7-14/h3-10,13,18,22H,11-12H2,1-2H3,(H,26,27)/t18-,21+/m1/s1. The van der Waals surface area contributed by atoms with E-state index < -0.39 is 23.6 Å². The Bertz CT molecular complexity index is 917. The van der Waals surface area contributed by atoms with Gasteiger partial charge in [-0.3, -0.25) is 4.79 Å². The molecule has 0 spiro atoms. The average Bonchev–Trinajstić information content (AvgIpc) is 2.73. The van der Waals surface area contributed by atoms with Gasteiger partial charge >= 0.3 is 6.09 Å². The molecule has 2 atom stereocenters. The third-order valence-electron chi connectivity index (χ3n) is 5.10. The molecule has 2 N–H and O–H groups in total. The van der Waals surface area contributed by atoms with Crippen LogP contribution in [-0.2, 0) is 22.6 Å². The zero-order valence-corrected chi connectivity index (χ0v) is 16.1. The van der Waals surface area contributed by atoms with Crippen LogP contribution >= 0.6 is 0 Å². The van der Waals surface area contributed by atoms with E-state index in [0.29, 0.717) is 23.3 Å². The van der Waals surface area contributed by atoms with Crippen molar-refractivity contribution in [3.05, 3.63) is 59.7 Å². The number of β-lactam (4-membered cyclic amide) rings is 1. The quantitative estimate of drug-likeness (QED) is 0.520. The SMILES string of the molecule is COc1ccc(CN2C(=O)[C@@](Cc3ccccc3)(NC(=O)O)[C@H]2C=O)c(OC)c1. The van der Waals surface area contributed by atoms with Crippen molar-refractivity contribution < 1.29 is 29.0 Å².